The molecule has 30 heavy (non-hydrogen) atoms. The number of carbonyl (C=O) groups excluding carboxylic acids is 1. The molecule has 1 amide bonds. The average molecular weight is 435 g/mol. The van der Waals surface area contributed by atoms with E-state index >= 15 is 0 Å². The SMILES string of the molecule is CCC(NC(=O)CN(c1cc(OC)ccc1OC)S(C)(=O)=O)c1ccc(C)cc1C. The number of hydrogen-bond donors (Lipinski definition) is 1. The highest BCUT2D eigenvalue weighted by Crippen LogP contribution is 2.33. The topological polar surface area (TPSA) is 84.9 Å². The molecule has 0 bridgehead atoms. The van der Waals surface area contributed by atoms with Gasteiger partial charge in [0.1, 0.15) is 18.0 Å². The van der Waals surface area contributed by atoms with Crippen LogP contribution in [-0.4, -0.2) is 41.3 Å². The zero-order valence-electron chi connectivity index (χ0n) is 18.4. The molecule has 0 aliphatic rings. The van der Waals surface area contributed by atoms with Crippen molar-refractivity contribution < 1.29 is 22.7 Å². The van der Waals surface area contributed by atoms with Crippen molar-refractivity contribution in [3.63, 3.8) is 0 Å². The van der Waals surface area contributed by atoms with Crippen LogP contribution in [0.25, 0.3) is 0 Å². The van der Waals surface area contributed by atoms with Crippen molar-refractivity contribution in [3.05, 3.63) is 53.1 Å². The first-order valence-corrected chi connectivity index (χ1v) is 11.5. The van der Waals surface area contributed by atoms with Crippen LogP contribution in [0.4, 0.5) is 5.69 Å². The molecular formula is C22H30N2O5S. The number of aryl methyl sites for hydroxylation is 2. The number of anilines is 1. The van der Waals surface area contributed by atoms with Gasteiger partial charge in [-0.3, -0.25) is 9.10 Å². The Labute approximate surface area is 179 Å². The first kappa shape index (κ1) is 23.5. The zero-order valence-corrected chi connectivity index (χ0v) is 19.2. The Hall–Kier alpha value is -2.74. The van der Waals surface area contributed by atoms with E-state index in [1.807, 2.05) is 32.9 Å². The number of nitrogens with zero attached hydrogens (tertiary/aromatic N) is 1. The summed E-state index contributed by atoms with van der Waals surface area (Å²) in [6.45, 7) is 5.62. The number of benzene rings is 2. The van der Waals surface area contributed by atoms with Crippen LogP contribution in [0.15, 0.2) is 36.4 Å². The van der Waals surface area contributed by atoms with Crippen LogP contribution >= 0.6 is 0 Å². The third-order valence-electron chi connectivity index (χ3n) is 4.89. The normalized spacial score (nSPS) is 12.2. The first-order chi connectivity index (χ1) is 14.1. The molecule has 2 aromatic carbocycles. The van der Waals surface area contributed by atoms with Crippen molar-refractivity contribution in [2.45, 2.75) is 33.2 Å². The van der Waals surface area contributed by atoms with Crippen molar-refractivity contribution >= 4 is 21.6 Å². The minimum Gasteiger partial charge on any atom is -0.497 e. The molecule has 0 aromatic heterocycles. The molecule has 7 nitrogen and oxygen atoms in total. The molecule has 0 saturated carbocycles. The van der Waals surface area contributed by atoms with Gasteiger partial charge in [-0.15, -0.1) is 0 Å². The quantitative estimate of drug-likeness (QED) is 0.654. The zero-order chi connectivity index (χ0) is 22.5. The Bertz CT molecular complexity index is 1000. The van der Waals surface area contributed by atoms with Gasteiger partial charge in [-0.05, 0) is 43.5 Å². The summed E-state index contributed by atoms with van der Waals surface area (Å²) < 4.78 is 36.5. The lowest BCUT2D eigenvalue weighted by Crippen LogP contribution is -2.41. The van der Waals surface area contributed by atoms with Gasteiger partial charge in [0.25, 0.3) is 0 Å². The van der Waals surface area contributed by atoms with E-state index in [1.54, 1.807) is 12.1 Å². The number of amides is 1. The maximum absolute atomic E-state index is 12.9. The summed E-state index contributed by atoms with van der Waals surface area (Å²) >= 11 is 0. The van der Waals surface area contributed by atoms with Crippen LogP contribution in [0.2, 0.25) is 0 Å². The predicted molar refractivity (Wildman–Crippen MR) is 119 cm³/mol. The van der Waals surface area contributed by atoms with Crippen LogP contribution < -0.4 is 19.1 Å². The maximum atomic E-state index is 12.9. The fourth-order valence-corrected chi connectivity index (χ4v) is 4.21. The molecule has 0 fully saturated rings. The highest BCUT2D eigenvalue weighted by molar-refractivity contribution is 7.92. The van der Waals surface area contributed by atoms with Crippen LogP contribution in [0, 0.1) is 13.8 Å². The number of carbonyl (C=O) groups is 1. The summed E-state index contributed by atoms with van der Waals surface area (Å²) in [6, 6.07) is 10.7. The number of sulfonamides is 1. The fraction of sp³-hybridized carbons (Fsp3) is 0.409. The van der Waals surface area contributed by atoms with E-state index in [4.69, 9.17) is 9.47 Å². The number of methoxy groups -OCH3 is 2. The molecule has 2 aromatic rings. The molecule has 0 aliphatic heterocycles. The number of hydrogen-bond acceptors (Lipinski definition) is 5. The molecule has 8 heteroatoms. The average Bonchev–Trinajstić information content (AvgIpc) is 2.69. The van der Waals surface area contributed by atoms with Gasteiger partial charge < -0.3 is 14.8 Å². The van der Waals surface area contributed by atoms with Crippen molar-refractivity contribution in [2.24, 2.45) is 0 Å². The third-order valence-corrected chi connectivity index (χ3v) is 6.01. The minimum absolute atomic E-state index is 0.216. The standard InChI is InChI=1S/C22H30N2O5S/c1-7-19(18-10-8-15(2)12-16(18)3)23-22(25)14-24(30(6,26)27)20-13-17(28-4)9-11-21(20)29-5/h8-13,19H,7,14H2,1-6H3,(H,23,25). The molecule has 0 radical (unpaired) electrons. The third kappa shape index (κ3) is 5.66. The molecule has 1 N–H and O–H groups in total. The second-order valence-corrected chi connectivity index (χ2v) is 9.10. The van der Waals surface area contributed by atoms with Crippen LogP contribution in [0.3, 0.4) is 0 Å². The fourth-order valence-electron chi connectivity index (χ4n) is 3.36. The van der Waals surface area contributed by atoms with E-state index < -0.39 is 15.9 Å². The Morgan fingerprint density at radius 1 is 1.10 bits per heavy atom. The Kier molecular flexibility index (Phi) is 7.72. The second kappa shape index (κ2) is 9.84. The van der Waals surface area contributed by atoms with E-state index in [9.17, 15) is 13.2 Å². The molecule has 1 unspecified atom stereocenters. The number of ether oxygens (including phenoxy) is 2. The van der Waals surface area contributed by atoms with Gasteiger partial charge in [0.05, 0.1) is 32.2 Å². The van der Waals surface area contributed by atoms with Crippen molar-refractivity contribution in [1.82, 2.24) is 5.32 Å². The Morgan fingerprint density at radius 2 is 1.80 bits per heavy atom. The van der Waals surface area contributed by atoms with Gasteiger partial charge in [0.15, 0.2) is 0 Å². The summed E-state index contributed by atoms with van der Waals surface area (Å²) in [5.74, 6) is 0.383. The lowest BCUT2D eigenvalue weighted by atomic mass is 9.97. The van der Waals surface area contributed by atoms with Crippen molar-refractivity contribution in [2.75, 3.05) is 31.3 Å². The van der Waals surface area contributed by atoms with Gasteiger partial charge >= 0.3 is 0 Å². The van der Waals surface area contributed by atoms with Gasteiger partial charge in [-0.2, -0.15) is 0 Å². The monoisotopic (exact) mass is 434 g/mol. The summed E-state index contributed by atoms with van der Waals surface area (Å²) in [6.07, 6.45) is 1.73. The summed E-state index contributed by atoms with van der Waals surface area (Å²) in [5.41, 5.74) is 3.48. The first-order valence-electron chi connectivity index (χ1n) is 9.67. The molecule has 0 spiro atoms. The van der Waals surface area contributed by atoms with Gasteiger partial charge in [0, 0.05) is 6.07 Å². The second-order valence-electron chi connectivity index (χ2n) is 7.20. The predicted octanol–water partition coefficient (Wildman–Crippen LogP) is 3.35. The number of rotatable bonds is 9. The summed E-state index contributed by atoms with van der Waals surface area (Å²) in [7, 11) is -0.826. The molecule has 0 heterocycles. The van der Waals surface area contributed by atoms with Crippen molar-refractivity contribution in [1.29, 1.82) is 0 Å². The smallest absolute Gasteiger partial charge is 0.241 e. The Balaban J connectivity index is 2.32. The summed E-state index contributed by atoms with van der Waals surface area (Å²) in [4.78, 5) is 12.9. The molecule has 0 saturated heterocycles. The van der Waals surface area contributed by atoms with Gasteiger partial charge in [-0.25, -0.2) is 8.42 Å². The molecule has 1 atom stereocenters. The lowest BCUT2D eigenvalue weighted by molar-refractivity contribution is -0.120. The van der Waals surface area contributed by atoms with Crippen LogP contribution in [-0.2, 0) is 14.8 Å². The van der Waals surface area contributed by atoms with Crippen molar-refractivity contribution in [3.8, 4) is 11.5 Å². The molecular weight excluding hydrogens is 404 g/mol. The van der Waals surface area contributed by atoms with Gasteiger partial charge in [-0.1, -0.05) is 30.7 Å². The van der Waals surface area contributed by atoms with Gasteiger partial charge in [0.2, 0.25) is 15.9 Å². The highest BCUT2D eigenvalue weighted by Gasteiger charge is 2.26. The Morgan fingerprint density at radius 3 is 2.33 bits per heavy atom. The van der Waals surface area contributed by atoms with Crippen LogP contribution in [0.5, 0.6) is 11.5 Å². The largest absolute Gasteiger partial charge is 0.497 e. The maximum Gasteiger partial charge on any atom is 0.241 e. The molecule has 2 rings (SSSR count). The highest BCUT2D eigenvalue weighted by atomic mass is 32.2. The molecule has 0 aliphatic carbocycles. The summed E-state index contributed by atoms with van der Waals surface area (Å²) in [5, 5.41) is 2.96. The lowest BCUT2D eigenvalue weighted by Gasteiger charge is -2.26. The van der Waals surface area contributed by atoms with Crippen LogP contribution in [0.1, 0.15) is 36.1 Å². The van der Waals surface area contributed by atoms with E-state index in [-0.39, 0.29) is 18.3 Å². The van der Waals surface area contributed by atoms with E-state index in [1.165, 1.54) is 20.3 Å². The van der Waals surface area contributed by atoms with E-state index in [2.05, 4.69) is 11.4 Å². The minimum atomic E-state index is -3.75. The molecule has 164 valence electrons. The number of nitrogens with one attached hydrogen (secondary N) is 1. The van der Waals surface area contributed by atoms with E-state index in [0.29, 0.717) is 17.9 Å². The van der Waals surface area contributed by atoms with E-state index in [0.717, 1.165) is 27.3 Å².